The number of nitrogens with one attached hydrogen (secondary N) is 1. The van der Waals surface area contributed by atoms with Crippen molar-refractivity contribution in [1.29, 1.82) is 0 Å². The zero-order chi connectivity index (χ0) is 17.4. The van der Waals surface area contributed by atoms with Crippen LogP contribution in [0.5, 0.6) is 5.75 Å². The lowest BCUT2D eigenvalue weighted by atomic mass is 10.0. The van der Waals surface area contributed by atoms with Gasteiger partial charge in [-0.05, 0) is 43.0 Å². The molecule has 1 aliphatic rings. The molecule has 2 rings (SSSR count). The second-order valence-corrected chi connectivity index (χ2v) is 6.29. The highest BCUT2D eigenvalue weighted by Gasteiger charge is 2.22. The van der Waals surface area contributed by atoms with Crippen molar-refractivity contribution in [3.05, 3.63) is 24.3 Å². The summed E-state index contributed by atoms with van der Waals surface area (Å²) < 4.78 is 10.4. The summed E-state index contributed by atoms with van der Waals surface area (Å²) in [4.78, 5) is 24.3. The van der Waals surface area contributed by atoms with Gasteiger partial charge in [0.25, 0.3) is 5.91 Å². The maximum Gasteiger partial charge on any atom is 0.306 e. The first-order valence-corrected chi connectivity index (χ1v) is 8.76. The van der Waals surface area contributed by atoms with Crippen molar-refractivity contribution in [2.24, 2.45) is 5.92 Å². The van der Waals surface area contributed by atoms with Crippen LogP contribution in [0.15, 0.2) is 24.3 Å². The van der Waals surface area contributed by atoms with Gasteiger partial charge in [-0.15, -0.1) is 0 Å². The number of carbonyl (C=O) groups excluding carboxylic acids is 2. The van der Waals surface area contributed by atoms with E-state index in [1.807, 2.05) is 6.92 Å². The van der Waals surface area contributed by atoms with Crippen LogP contribution in [0.3, 0.4) is 0 Å². The summed E-state index contributed by atoms with van der Waals surface area (Å²) >= 11 is 0. The predicted octanol–water partition coefficient (Wildman–Crippen LogP) is 3.93. The summed E-state index contributed by atoms with van der Waals surface area (Å²) in [7, 11) is 1.59. The second-order valence-electron chi connectivity index (χ2n) is 6.29. The molecule has 1 unspecified atom stereocenters. The van der Waals surface area contributed by atoms with Crippen LogP contribution in [-0.4, -0.2) is 25.1 Å². The van der Waals surface area contributed by atoms with Crippen LogP contribution in [0.4, 0.5) is 5.69 Å². The number of hydrogen-bond acceptors (Lipinski definition) is 4. The van der Waals surface area contributed by atoms with E-state index in [-0.39, 0.29) is 11.9 Å². The fraction of sp³-hybridized carbons (Fsp3) is 0.579. The highest BCUT2D eigenvalue weighted by molar-refractivity contribution is 5.95. The molecule has 0 spiro atoms. The van der Waals surface area contributed by atoms with E-state index < -0.39 is 6.10 Å². The number of hydrogen-bond donors (Lipinski definition) is 1. The van der Waals surface area contributed by atoms with Crippen LogP contribution >= 0.6 is 0 Å². The topological polar surface area (TPSA) is 64.6 Å². The van der Waals surface area contributed by atoms with E-state index in [9.17, 15) is 9.59 Å². The third-order valence-electron chi connectivity index (χ3n) is 4.53. The molecule has 1 aromatic carbocycles. The van der Waals surface area contributed by atoms with Crippen molar-refractivity contribution in [2.75, 3.05) is 12.4 Å². The third kappa shape index (κ3) is 5.55. The molecule has 1 saturated carbocycles. The smallest absolute Gasteiger partial charge is 0.306 e. The minimum absolute atomic E-state index is 0.279. The van der Waals surface area contributed by atoms with Gasteiger partial charge in [-0.2, -0.15) is 0 Å². The van der Waals surface area contributed by atoms with E-state index in [0.717, 1.165) is 12.2 Å². The standard InChI is InChI=1S/C19H27NO4/c1-3-17(24-18(21)13-8-14-6-4-5-7-14)19(22)20-15-9-11-16(23-2)12-10-15/h9-12,14,17H,3-8,13H2,1-2H3,(H,20,22). The van der Waals surface area contributed by atoms with Crippen molar-refractivity contribution >= 4 is 17.6 Å². The van der Waals surface area contributed by atoms with E-state index in [2.05, 4.69) is 5.32 Å². The maximum absolute atomic E-state index is 12.3. The van der Waals surface area contributed by atoms with E-state index in [4.69, 9.17) is 9.47 Å². The van der Waals surface area contributed by atoms with Gasteiger partial charge in [0.1, 0.15) is 5.75 Å². The molecule has 24 heavy (non-hydrogen) atoms. The molecule has 0 bridgehead atoms. The Kier molecular flexibility index (Phi) is 7.09. The summed E-state index contributed by atoms with van der Waals surface area (Å²) in [6.07, 6.45) is 5.93. The van der Waals surface area contributed by atoms with Gasteiger partial charge in [0, 0.05) is 12.1 Å². The molecule has 0 aliphatic heterocycles. The van der Waals surface area contributed by atoms with E-state index in [1.54, 1.807) is 31.4 Å². The number of carbonyl (C=O) groups is 2. The molecule has 5 nitrogen and oxygen atoms in total. The van der Waals surface area contributed by atoms with Gasteiger partial charge in [-0.1, -0.05) is 32.6 Å². The Hall–Kier alpha value is -2.04. The molecule has 1 aromatic rings. The lowest BCUT2D eigenvalue weighted by molar-refractivity contribution is -0.154. The summed E-state index contributed by atoms with van der Waals surface area (Å²) in [5.74, 6) is 0.791. The first-order valence-electron chi connectivity index (χ1n) is 8.76. The molecular weight excluding hydrogens is 306 g/mol. The first-order chi connectivity index (χ1) is 11.6. The number of benzene rings is 1. The number of methoxy groups -OCH3 is 1. The molecule has 1 N–H and O–H groups in total. The summed E-state index contributed by atoms with van der Waals surface area (Å²) in [5, 5.41) is 2.78. The minimum Gasteiger partial charge on any atom is -0.497 e. The van der Waals surface area contributed by atoms with Crippen molar-refractivity contribution in [3.8, 4) is 5.75 Å². The number of amides is 1. The molecule has 1 aliphatic carbocycles. The molecule has 0 radical (unpaired) electrons. The molecule has 132 valence electrons. The summed E-state index contributed by atoms with van der Waals surface area (Å²) in [5.41, 5.74) is 0.654. The van der Waals surface area contributed by atoms with Crippen LogP contribution in [0.1, 0.15) is 51.9 Å². The highest BCUT2D eigenvalue weighted by Crippen LogP contribution is 2.28. The molecule has 0 saturated heterocycles. The van der Waals surface area contributed by atoms with Crippen molar-refractivity contribution in [1.82, 2.24) is 0 Å². The van der Waals surface area contributed by atoms with Crippen molar-refractivity contribution in [2.45, 2.75) is 58.0 Å². The number of anilines is 1. The van der Waals surface area contributed by atoms with E-state index in [0.29, 0.717) is 24.4 Å². The molecule has 1 fully saturated rings. The van der Waals surface area contributed by atoms with Crippen LogP contribution in [0, 0.1) is 5.92 Å². The van der Waals surface area contributed by atoms with Gasteiger partial charge in [0.2, 0.25) is 0 Å². The van der Waals surface area contributed by atoms with Crippen LogP contribution in [0.2, 0.25) is 0 Å². The lowest BCUT2D eigenvalue weighted by Crippen LogP contribution is -2.32. The molecule has 0 heterocycles. The quantitative estimate of drug-likeness (QED) is 0.732. The maximum atomic E-state index is 12.3. The number of esters is 1. The SMILES string of the molecule is CCC(OC(=O)CCC1CCCC1)C(=O)Nc1ccc(OC)cc1. The average Bonchev–Trinajstić information content (AvgIpc) is 3.12. The van der Waals surface area contributed by atoms with Crippen LogP contribution in [0.25, 0.3) is 0 Å². The van der Waals surface area contributed by atoms with E-state index >= 15 is 0 Å². The Morgan fingerprint density at radius 2 is 1.88 bits per heavy atom. The minimum atomic E-state index is -0.747. The average molecular weight is 333 g/mol. The van der Waals surface area contributed by atoms with Gasteiger partial charge in [0.15, 0.2) is 6.10 Å². The van der Waals surface area contributed by atoms with Gasteiger partial charge in [-0.25, -0.2) is 0 Å². The molecule has 1 amide bonds. The fourth-order valence-electron chi connectivity index (χ4n) is 3.06. The second kappa shape index (κ2) is 9.30. The summed E-state index contributed by atoms with van der Waals surface area (Å²) in [6.45, 7) is 1.84. The van der Waals surface area contributed by atoms with Gasteiger partial charge >= 0.3 is 5.97 Å². The van der Waals surface area contributed by atoms with Gasteiger partial charge in [0.05, 0.1) is 7.11 Å². The molecule has 5 heteroatoms. The Morgan fingerprint density at radius 3 is 2.46 bits per heavy atom. The molecule has 0 aromatic heterocycles. The van der Waals surface area contributed by atoms with Gasteiger partial charge in [-0.3, -0.25) is 9.59 Å². The lowest BCUT2D eigenvalue weighted by Gasteiger charge is -2.17. The van der Waals surface area contributed by atoms with Crippen molar-refractivity contribution in [3.63, 3.8) is 0 Å². The summed E-state index contributed by atoms with van der Waals surface area (Å²) in [6, 6.07) is 7.05. The van der Waals surface area contributed by atoms with Crippen LogP contribution in [-0.2, 0) is 14.3 Å². The highest BCUT2D eigenvalue weighted by atomic mass is 16.5. The third-order valence-corrected chi connectivity index (χ3v) is 4.53. The molecular formula is C19H27NO4. The number of rotatable bonds is 8. The Bertz CT molecular complexity index is 535. The number of ether oxygens (including phenoxy) is 2. The largest absolute Gasteiger partial charge is 0.497 e. The Labute approximate surface area is 143 Å². The zero-order valence-corrected chi connectivity index (χ0v) is 14.5. The Morgan fingerprint density at radius 1 is 1.21 bits per heavy atom. The Balaban J connectivity index is 1.79. The fourth-order valence-corrected chi connectivity index (χ4v) is 3.06. The normalized spacial score (nSPS) is 15.8. The van der Waals surface area contributed by atoms with E-state index in [1.165, 1.54) is 25.7 Å². The van der Waals surface area contributed by atoms with Crippen LogP contribution < -0.4 is 10.1 Å². The predicted molar refractivity (Wildman–Crippen MR) is 93.0 cm³/mol. The monoisotopic (exact) mass is 333 g/mol. The van der Waals surface area contributed by atoms with Crippen molar-refractivity contribution < 1.29 is 19.1 Å². The van der Waals surface area contributed by atoms with Gasteiger partial charge < -0.3 is 14.8 Å². The first kappa shape index (κ1) is 18.3. The molecule has 1 atom stereocenters. The zero-order valence-electron chi connectivity index (χ0n) is 14.5.